The van der Waals surface area contributed by atoms with E-state index < -0.39 is 11.5 Å². The van der Waals surface area contributed by atoms with Crippen LogP contribution in [-0.2, 0) is 9.59 Å². The highest BCUT2D eigenvalue weighted by Crippen LogP contribution is 2.18. The molecule has 0 aromatic carbocycles. The molecule has 0 aliphatic heterocycles. The molecule has 0 spiro atoms. The molecule has 0 bridgehead atoms. The number of hydrogen-bond acceptors (Lipinski definition) is 3. The maximum atomic E-state index is 12.2. The number of carbonyl (C=O) groups is 2. The standard InChI is InChI=1S/C12H24N2O3/c1-9(6-5-7-13)11(17)14(8-10(15)16)12(2,3)4/h9H,5-8,13H2,1-4H3,(H,15,16). The maximum Gasteiger partial charge on any atom is 0.323 e. The molecular weight excluding hydrogens is 220 g/mol. The first kappa shape index (κ1) is 15.9. The van der Waals surface area contributed by atoms with Crippen molar-refractivity contribution in [2.24, 2.45) is 11.7 Å². The Morgan fingerprint density at radius 2 is 1.88 bits per heavy atom. The van der Waals surface area contributed by atoms with Crippen molar-refractivity contribution in [3.63, 3.8) is 0 Å². The second-order valence-electron chi connectivity index (χ2n) is 5.32. The molecule has 0 rings (SSSR count). The molecule has 5 heteroatoms. The molecule has 1 atom stereocenters. The van der Waals surface area contributed by atoms with Gasteiger partial charge in [0, 0.05) is 11.5 Å². The summed E-state index contributed by atoms with van der Waals surface area (Å²) in [6, 6.07) is 0. The Morgan fingerprint density at radius 1 is 1.35 bits per heavy atom. The lowest BCUT2D eigenvalue weighted by Gasteiger charge is -2.36. The average Bonchev–Trinajstić information content (AvgIpc) is 2.19. The van der Waals surface area contributed by atoms with E-state index in [2.05, 4.69) is 0 Å². The van der Waals surface area contributed by atoms with Crippen LogP contribution in [0.3, 0.4) is 0 Å². The van der Waals surface area contributed by atoms with Crippen molar-refractivity contribution >= 4 is 11.9 Å². The van der Waals surface area contributed by atoms with Crippen LogP contribution in [0.5, 0.6) is 0 Å². The topological polar surface area (TPSA) is 83.6 Å². The molecule has 0 aromatic heterocycles. The fourth-order valence-corrected chi connectivity index (χ4v) is 1.59. The Morgan fingerprint density at radius 3 is 2.24 bits per heavy atom. The summed E-state index contributed by atoms with van der Waals surface area (Å²) in [6.07, 6.45) is 1.47. The minimum Gasteiger partial charge on any atom is -0.480 e. The van der Waals surface area contributed by atoms with Gasteiger partial charge in [-0.05, 0) is 40.2 Å². The van der Waals surface area contributed by atoms with Crippen molar-refractivity contribution in [2.45, 2.75) is 46.1 Å². The minimum absolute atomic E-state index is 0.117. The number of rotatable bonds is 6. The van der Waals surface area contributed by atoms with E-state index in [1.165, 1.54) is 4.90 Å². The van der Waals surface area contributed by atoms with Crippen molar-refractivity contribution in [3.05, 3.63) is 0 Å². The zero-order valence-electron chi connectivity index (χ0n) is 11.2. The summed E-state index contributed by atoms with van der Waals surface area (Å²) >= 11 is 0. The van der Waals surface area contributed by atoms with Gasteiger partial charge in [0.2, 0.25) is 5.91 Å². The van der Waals surface area contributed by atoms with E-state index in [1.807, 2.05) is 27.7 Å². The van der Waals surface area contributed by atoms with E-state index in [9.17, 15) is 9.59 Å². The zero-order chi connectivity index (χ0) is 13.6. The highest BCUT2D eigenvalue weighted by atomic mass is 16.4. The summed E-state index contributed by atoms with van der Waals surface area (Å²) in [5.74, 6) is -1.29. The first-order valence-electron chi connectivity index (χ1n) is 5.93. The summed E-state index contributed by atoms with van der Waals surface area (Å²) in [4.78, 5) is 24.3. The van der Waals surface area contributed by atoms with Gasteiger partial charge >= 0.3 is 5.97 Å². The summed E-state index contributed by atoms with van der Waals surface area (Å²) in [6.45, 7) is 7.62. The predicted octanol–water partition coefficient (Wildman–Crippen LogP) is 1.07. The summed E-state index contributed by atoms with van der Waals surface area (Å²) < 4.78 is 0. The van der Waals surface area contributed by atoms with Crippen LogP contribution >= 0.6 is 0 Å². The Kier molecular flexibility index (Phi) is 6.16. The highest BCUT2D eigenvalue weighted by Gasteiger charge is 2.30. The van der Waals surface area contributed by atoms with Gasteiger partial charge in [-0.3, -0.25) is 9.59 Å². The minimum atomic E-state index is -0.987. The number of carboxylic acids is 1. The quantitative estimate of drug-likeness (QED) is 0.732. The third-order valence-corrected chi connectivity index (χ3v) is 2.63. The van der Waals surface area contributed by atoms with Crippen molar-refractivity contribution in [3.8, 4) is 0 Å². The first-order chi connectivity index (χ1) is 7.70. The lowest BCUT2D eigenvalue weighted by molar-refractivity contribution is -0.150. The van der Waals surface area contributed by atoms with E-state index in [-0.39, 0.29) is 18.4 Å². The number of nitrogens with two attached hydrogens (primary N) is 1. The van der Waals surface area contributed by atoms with Crippen LogP contribution in [-0.4, -0.2) is 40.5 Å². The monoisotopic (exact) mass is 244 g/mol. The van der Waals surface area contributed by atoms with E-state index in [1.54, 1.807) is 0 Å². The molecule has 17 heavy (non-hydrogen) atoms. The molecule has 0 radical (unpaired) electrons. The summed E-state index contributed by atoms with van der Waals surface area (Å²) in [7, 11) is 0. The number of nitrogens with zero attached hydrogens (tertiary/aromatic N) is 1. The van der Waals surface area contributed by atoms with Crippen molar-refractivity contribution in [1.82, 2.24) is 4.90 Å². The summed E-state index contributed by atoms with van der Waals surface area (Å²) in [5, 5.41) is 8.84. The Labute approximate surface area is 103 Å². The normalized spacial score (nSPS) is 13.2. The number of carboxylic acid groups (broad SMARTS) is 1. The van der Waals surface area contributed by atoms with Crippen LogP contribution < -0.4 is 5.73 Å². The second kappa shape index (κ2) is 6.59. The van der Waals surface area contributed by atoms with Gasteiger partial charge in [0.25, 0.3) is 0 Å². The molecule has 100 valence electrons. The largest absolute Gasteiger partial charge is 0.480 e. The molecule has 0 aliphatic carbocycles. The molecule has 1 amide bonds. The van der Waals surface area contributed by atoms with Crippen molar-refractivity contribution in [2.75, 3.05) is 13.1 Å². The fraction of sp³-hybridized carbons (Fsp3) is 0.833. The van der Waals surface area contributed by atoms with Crippen molar-refractivity contribution < 1.29 is 14.7 Å². The van der Waals surface area contributed by atoms with Crippen LogP contribution in [0.1, 0.15) is 40.5 Å². The van der Waals surface area contributed by atoms with Gasteiger partial charge < -0.3 is 15.7 Å². The van der Waals surface area contributed by atoms with Crippen LogP contribution in [0.2, 0.25) is 0 Å². The molecule has 1 unspecified atom stereocenters. The van der Waals surface area contributed by atoms with Gasteiger partial charge in [0.15, 0.2) is 0 Å². The molecule has 0 heterocycles. The fourth-order valence-electron chi connectivity index (χ4n) is 1.59. The highest BCUT2D eigenvalue weighted by molar-refractivity contribution is 5.83. The lowest BCUT2D eigenvalue weighted by Crippen LogP contribution is -2.50. The van der Waals surface area contributed by atoms with E-state index in [0.29, 0.717) is 13.0 Å². The van der Waals surface area contributed by atoms with Crippen molar-refractivity contribution in [1.29, 1.82) is 0 Å². The van der Waals surface area contributed by atoms with Crippen LogP contribution in [0.25, 0.3) is 0 Å². The van der Waals surface area contributed by atoms with Crippen LogP contribution in [0.15, 0.2) is 0 Å². The predicted molar refractivity (Wildman–Crippen MR) is 66.6 cm³/mol. The zero-order valence-corrected chi connectivity index (χ0v) is 11.2. The molecule has 0 aromatic rings. The molecule has 0 saturated carbocycles. The third-order valence-electron chi connectivity index (χ3n) is 2.63. The molecule has 0 saturated heterocycles. The maximum absolute atomic E-state index is 12.2. The SMILES string of the molecule is CC(CCCN)C(=O)N(CC(=O)O)C(C)(C)C. The molecule has 3 N–H and O–H groups in total. The number of carbonyl (C=O) groups excluding carboxylic acids is 1. The Balaban J connectivity index is 4.69. The second-order valence-corrected chi connectivity index (χ2v) is 5.32. The average molecular weight is 244 g/mol. The smallest absolute Gasteiger partial charge is 0.323 e. The molecular formula is C12H24N2O3. The molecule has 0 fully saturated rings. The number of hydrogen-bond donors (Lipinski definition) is 2. The van der Waals surface area contributed by atoms with Gasteiger partial charge in [-0.2, -0.15) is 0 Å². The first-order valence-corrected chi connectivity index (χ1v) is 5.93. The number of amides is 1. The van der Waals surface area contributed by atoms with Gasteiger partial charge in [-0.25, -0.2) is 0 Å². The third kappa shape index (κ3) is 5.68. The van der Waals surface area contributed by atoms with E-state index >= 15 is 0 Å². The van der Waals surface area contributed by atoms with Gasteiger partial charge in [0.05, 0.1) is 0 Å². The van der Waals surface area contributed by atoms with E-state index in [4.69, 9.17) is 10.8 Å². The van der Waals surface area contributed by atoms with Gasteiger partial charge in [-0.1, -0.05) is 6.92 Å². The van der Waals surface area contributed by atoms with E-state index in [0.717, 1.165) is 6.42 Å². The van der Waals surface area contributed by atoms with Gasteiger partial charge in [-0.15, -0.1) is 0 Å². The summed E-state index contributed by atoms with van der Waals surface area (Å²) in [5.41, 5.74) is 4.92. The van der Waals surface area contributed by atoms with Crippen LogP contribution in [0.4, 0.5) is 0 Å². The Bertz CT molecular complexity index is 271. The number of aliphatic carboxylic acids is 1. The molecule has 5 nitrogen and oxygen atoms in total. The van der Waals surface area contributed by atoms with Gasteiger partial charge in [0.1, 0.15) is 6.54 Å². The molecule has 0 aliphatic rings. The van der Waals surface area contributed by atoms with Crippen LogP contribution in [0, 0.1) is 5.92 Å². The lowest BCUT2D eigenvalue weighted by atomic mass is 9.99. The Hall–Kier alpha value is -1.10.